The zero-order valence-corrected chi connectivity index (χ0v) is 22.7. The maximum absolute atomic E-state index is 13.3. The van der Waals surface area contributed by atoms with Crippen molar-refractivity contribution in [3.63, 3.8) is 0 Å². The van der Waals surface area contributed by atoms with Crippen LogP contribution in [0.4, 0.5) is 0 Å². The summed E-state index contributed by atoms with van der Waals surface area (Å²) in [4.78, 5) is 24.9. The summed E-state index contributed by atoms with van der Waals surface area (Å²) >= 11 is 0. The fourth-order valence-electron chi connectivity index (χ4n) is 5.03. The van der Waals surface area contributed by atoms with Gasteiger partial charge in [0, 0.05) is 13.3 Å². The van der Waals surface area contributed by atoms with Crippen molar-refractivity contribution in [2.45, 2.75) is 111 Å². The molecule has 0 radical (unpaired) electrons. The molecule has 3 saturated heterocycles. The zero-order chi connectivity index (χ0) is 32.4. The number of amides is 1. The molecule has 16 atom stereocenters. The molecule has 0 aromatic heterocycles. The van der Waals surface area contributed by atoms with Gasteiger partial charge in [0.2, 0.25) is 5.91 Å². The third kappa shape index (κ3) is 7.58. The Morgan fingerprint density at radius 3 is 2.07 bits per heavy atom. The lowest BCUT2D eigenvalue weighted by Crippen LogP contribution is -2.68. The quantitative estimate of drug-likeness (QED) is 0.0993. The number of aliphatic hydroxyl groups excluding tert-OH is 11. The normalized spacial score (nSPS) is 45.2. The number of carbonyl (C=O) groups excluding carboxylic acids is 2. The topological polar surface area (TPSA) is 335 Å². The van der Waals surface area contributed by atoms with Crippen LogP contribution < -0.4 is 5.32 Å². The molecule has 3 aliphatic heterocycles. The second kappa shape index (κ2) is 14.6. The average molecular weight is 634 g/mol. The predicted octanol–water partition coefficient (Wildman–Crippen LogP) is -8.79. The van der Waals surface area contributed by atoms with Crippen LogP contribution in [0, 0.1) is 0 Å². The Kier molecular flexibility index (Phi) is 12.1. The van der Waals surface area contributed by atoms with E-state index in [1.807, 2.05) is 0 Å². The third-order valence-corrected chi connectivity index (χ3v) is 7.39. The summed E-state index contributed by atoms with van der Waals surface area (Å²) in [5, 5.41) is 124. The van der Waals surface area contributed by atoms with Crippen LogP contribution in [-0.2, 0) is 33.3 Å². The van der Waals surface area contributed by atoms with Crippen molar-refractivity contribution in [1.29, 1.82) is 0 Å². The van der Waals surface area contributed by atoms with E-state index >= 15 is 0 Å². The van der Waals surface area contributed by atoms with Gasteiger partial charge in [-0.15, -0.1) is 0 Å². The first kappa shape index (κ1) is 35.8. The summed E-state index contributed by atoms with van der Waals surface area (Å²) < 4.78 is 26.3. The number of rotatable bonds is 10. The highest BCUT2D eigenvalue weighted by molar-refractivity contribution is 5.78. The Bertz CT molecular complexity index is 942. The van der Waals surface area contributed by atoms with Gasteiger partial charge in [0.05, 0.1) is 32.0 Å². The van der Waals surface area contributed by atoms with Crippen LogP contribution in [0.5, 0.6) is 0 Å². The molecule has 0 aromatic rings. The van der Waals surface area contributed by atoms with E-state index in [9.17, 15) is 70.9 Å². The number of aliphatic hydroxyl groups is 12. The summed E-state index contributed by atoms with van der Waals surface area (Å²) in [5.41, 5.74) is 0. The van der Waals surface area contributed by atoms with Crippen LogP contribution in [-0.4, -0.2) is 191 Å². The standard InChI is InChI=1S/C23H39NO19/c1-6(28)24-11-7(29)2-23(38,43-18(11)12(31)8(30)3-25)22(37)42-19-14(33)13(32)9(4-26)40-21(19)41-17-10(5-27)39-20(36)16(35)15(17)34/h7-21,25-27,29-36,38H,2-5H2,1H3,(H,24,28)/t7-,8+,9+,10+,11+,12+,13-,14-,15+,16+,17+,18+,19+,20-,21-,23-/m0/s1. The Morgan fingerprint density at radius 1 is 0.907 bits per heavy atom. The van der Waals surface area contributed by atoms with Crippen LogP contribution in [0.15, 0.2) is 0 Å². The molecule has 3 rings (SSSR count). The molecule has 0 aliphatic carbocycles. The molecule has 0 aromatic carbocycles. The molecule has 0 saturated carbocycles. The van der Waals surface area contributed by atoms with Crippen molar-refractivity contribution >= 4 is 11.9 Å². The van der Waals surface area contributed by atoms with Crippen LogP contribution >= 0.6 is 0 Å². The lowest BCUT2D eigenvalue weighted by molar-refractivity contribution is -0.360. The van der Waals surface area contributed by atoms with Crippen molar-refractivity contribution in [3.8, 4) is 0 Å². The molecule has 20 nitrogen and oxygen atoms in total. The average Bonchev–Trinajstić information content (AvgIpc) is 2.96. The first-order valence-electron chi connectivity index (χ1n) is 13.2. The van der Waals surface area contributed by atoms with E-state index in [1.165, 1.54) is 0 Å². The molecule has 3 aliphatic rings. The number of esters is 1. The predicted molar refractivity (Wildman–Crippen MR) is 130 cm³/mol. The first-order valence-corrected chi connectivity index (χ1v) is 13.2. The fraction of sp³-hybridized carbons (Fsp3) is 0.913. The Labute approximate surface area is 243 Å². The summed E-state index contributed by atoms with van der Waals surface area (Å²) in [7, 11) is 0. The van der Waals surface area contributed by atoms with Gasteiger partial charge in [-0.25, -0.2) is 4.79 Å². The molecule has 0 unspecified atom stereocenters. The van der Waals surface area contributed by atoms with Gasteiger partial charge in [-0.2, -0.15) is 0 Å². The van der Waals surface area contributed by atoms with Crippen molar-refractivity contribution in [3.05, 3.63) is 0 Å². The van der Waals surface area contributed by atoms with E-state index < -0.39 is 136 Å². The van der Waals surface area contributed by atoms with Crippen LogP contribution in [0.1, 0.15) is 13.3 Å². The molecular weight excluding hydrogens is 594 g/mol. The second-order valence-corrected chi connectivity index (χ2v) is 10.5. The van der Waals surface area contributed by atoms with Crippen molar-refractivity contribution < 1.29 is 94.6 Å². The van der Waals surface area contributed by atoms with Gasteiger partial charge in [-0.3, -0.25) is 4.79 Å². The zero-order valence-electron chi connectivity index (χ0n) is 22.7. The molecule has 1 amide bonds. The van der Waals surface area contributed by atoms with Crippen LogP contribution in [0.3, 0.4) is 0 Å². The van der Waals surface area contributed by atoms with Crippen molar-refractivity contribution in [2.24, 2.45) is 0 Å². The van der Waals surface area contributed by atoms with Gasteiger partial charge in [0.25, 0.3) is 5.79 Å². The highest BCUT2D eigenvalue weighted by Crippen LogP contribution is 2.34. The number of ether oxygens (including phenoxy) is 5. The summed E-state index contributed by atoms with van der Waals surface area (Å²) in [6, 6.07) is -1.52. The van der Waals surface area contributed by atoms with E-state index in [0.29, 0.717) is 0 Å². The highest BCUT2D eigenvalue weighted by atomic mass is 16.7. The SMILES string of the molecule is CC(=O)N[C@H]1[C@H]([C@H](O)[C@H](O)CO)O[C@](O)(C(=O)O[C@H]2[C@H](O[C@H]3[C@H](O)[C@@H](O)[C@@H](O)O[C@@H]3CO)O[C@H](CO)[C@H](O)[C@@H]2O)C[C@@H]1O. The molecule has 20 heteroatoms. The minimum absolute atomic E-state index is 0.737. The largest absolute Gasteiger partial charge is 0.450 e. The lowest BCUT2D eigenvalue weighted by atomic mass is 9.88. The maximum Gasteiger partial charge on any atom is 0.367 e. The maximum atomic E-state index is 13.3. The fourth-order valence-corrected chi connectivity index (χ4v) is 5.03. The van der Waals surface area contributed by atoms with E-state index in [0.717, 1.165) is 6.92 Å². The smallest absolute Gasteiger partial charge is 0.367 e. The summed E-state index contributed by atoms with van der Waals surface area (Å²) in [5.74, 6) is -5.69. The third-order valence-electron chi connectivity index (χ3n) is 7.39. The van der Waals surface area contributed by atoms with Crippen molar-refractivity contribution in [2.75, 3.05) is 19.8 Å². The Morgan fingerprint density at radius 2 is 1.51 bits per heavy atom. The number of nitrogens with one attached hydrogen (secondary N) is 1. The molecular formula is C23H39NO19. The molecule has 0 bridgehead atoms. The van der Waals surface area contributed by atoms with Gasteiger partial charge in [-0.05, 0) is 0 Å². The van der Waals surface area contributed by atoms with Gasteiger partial charge in [0.1, 0.15) is 61.0 Å². The van der Waals surface area contributed by atoms with Crippen LogP contribution in [0.25, 0.3) is 0 Å². The van der Waals surface area contributed by atoms with Gasteiger partial charge in [-0.1, -0.05) is 0 Å². The monoisotopic (exact) mass is 633 g/mol. The minimum atomic E-state index is -3.17. The number of hydrogen-bond donors (Lipinski definition) is 13. The van der Waals surface area contributed by atoms with Gasteiger partial charge >= 0.3 is 5.97 Å². The minimum Gasteiger partial charge on any atom is -0.450 e. The van der Waals surface area contributed by atoms with E-state index in [1.54, 1.807) is 0 Å². The summed E-state index contributed by atoms with van der Waals surface area (Å²) in [6.45, 7) is -1.79. The molecule has 250 valence electrons. The molecule has 3 heterocycles. The van der Waals surface area contributed by atoms with E-state index in [4.69, 9.17) is 23.7 Å². The summed E-state index contributed by atoms with van der Waals surface area (Å²) in [6.07, 6.45) is -27.7. The number of carbonyl (C=O) groups is 2. The highest BCUT2D eigenvalue weighted by Gasteiger charge is 2.57. The Hall–Kier alpha value is -1.70. The van der Waals surface area contributed by atoms with E-state index in [-0.39, 0.29) is 0 Å². The molecule has 3 fully saturated rings. The number of hydrogen-bond acceptors (Lipinski definition) is 19. The lowest BCUT2D eigenvalue weighted by Gasteiger charge is -2.47. The first-order chi connectivity index (χ1) is 20.1. The van der Waals surface area contributed by atoms with Gasteiger partial charge < -0.3 is 90.3 Å². The second-order valence-electron chi connectivity index (χ2n) is 10.5. The molecule has 0 spiro atoms. The Balaban J connectivity index is 1.89. The molecule has 13 N–H and O–H groups in total. The van der Waals surface area contributed by atoms with Crippen LogP contribution in [0.2, 0.25) is 0 Å². The van der Waals surface area contributed by atoms with Crippen molar-refractivity contribution in [1.82, 2.24) is 5.32 Å². The molecule has 43 heavy (non-hydrogen) atoms. The van der Waals surface area contributed by atoms with E-state index in [2.05, 4.69) is 5.32 Å². The van der Waals surface area contributed by atoms with Gasteiger partial charge in [0.15, 0.2) is 18.7 Å².